The number of methoxy groups -OCH3 is 3. The van der Waals surface area contributed by atoms with Gasteiger partial charge in [0, 0.05) is 30.8 Å². The van der Waals surface area contributed by atoms with Crippen LogP contribution in [-0.2, 0) is 23.7 Å². The first-order chi connectivity index (χ1) is 16.2. The summed E-state index contributed by atoms with van der Waals surface area (Å²) in [6.07, 6.45) is 1.03. The van der Waals surface area contributed by atoms with Gasteiger partial charge in [0.2, 0.25) is 12.5 Å². The predicted octanol–water partition coefficient (Wildman–Crippen LogP) is 1.58. The number of carbonyl (C=O) groups excluding carboxylic acids is 1. The minimum absolute atomic E-state index is 0.0139. The number of nitrogens with zero attached hydrogens (tertiary/aromatic N) is 1. The van der Waals surface area contributed by atoms with Crippen LogP contribution in [0.25, 0.3) is 5.57 Å². The van der Waals surface area contributed by atoms with Crippen LogP contribution in [0.1, 0.15) is 15.9 Å². The zero-order chi connectivity index (χ0) is 22.9. The van der Waals surface area contributed by atoms with Crippen molar-refractivity contribution in [3.8, 4) is 17.2 Å². The largest absolute Gasteiger partial charge is 0.498 e. The zero-order valence-corrected chi connectivity index (χ0v) is 18.9. The summed E-state index contributed by atoms with van der Waals surface area (Å²) in [5.74, 6) is 1.41. The van der Waals surface area contributed by atoms with E-state index in [1.165, 1.54) is 14.2 Å². The molecular weight excluding hydrogens is 434 g/mol. The summed E-state index contributed by atoms with van der Waals surface area (Å²) in [4.78, 5) is 15.2. The number of hydrogen-bond donors (Lipinski definition) is 0. The average Bonchev–Trinajstić information content (AvgIpc) is 3.53. The normalized spacial score (nSPS) is 24.4. The van der Waals surface area contributed by atoms with Crippen molar-refractivity contribution < 1.29 is 42.7 Å². The summed E-state index contributed by atoms with van der Waals surface area (Å²) in [5, 5.41) is 0. The van der Waals surface area contributed by atoms with E-state index >= 15 is 0 Å². The molecule has 2 fully saturated rings. The number of morpholine rings is 1. The van der Waals surface area contributed by atoms with Crippen LogP contribution in [0.4, 0.5) is 0 Å². The first kappa shape index (κ1) is 22.0. The highest BCUT2D eigenvalue weighted by atomic mass is 16.7. The zero-order valence-electron chi connectivity index (χ0n) is 18.9. The Balaban J connectivity index is 1.73. The lowest BCUT2D eigenvalue weighted by molar-refractivity contribution is 0.0395. The Morgan fingerprint density at radius 1 is 1.03 bits per heavy atom. The predicted molar refractivity (Wildman–Crippen MR) is 114 cm³/mol. The van der Waals surface area contributed by atoms with E-state index in [-0.39, 0.29) is 13.6 Å². The average molecular weight is 461 g/mol. The van der Waals surface area contributed by atoms with Crippen LogP contribution >= 0.6 is 0 Å². The van der Waals surface area contributed by atoms with Gasteiger partial charge in [0.05, 0.1) is 40.1 Å². The van der Waals surface area contributed by atoms with Gasteiger partial charge < -0.3 is 37.9 Å². The highest BCUT2D eigenvalue weighted by Gasteiger charge is 2.44. The number of hydrogen-bond acceptors (Lipinski definition) is 10. The Morgan fingerprint density at radius 3 is 2.52 bits per heavy atom. The fourth-order valence-electron chi connectivity index (χ4n) is 4.68. The van der Waals surface area contributed by atoms with Crippen LogP contribution in [0, 0.1) is 0 Å². The minimum Gasteiger partial charge on any atom is -0.498 e. The molecule has 2 atom stereocenters. The number of carbonyl (C=O) groups is 1. The molecule has 2 saturated heterocycles. The number of benzene rings is 1. The molecule has 0 aromatic heterocycles. The maximum atomic E-state index is 12.9. The first-order valence-corrected chi connectivity index (χ1v) is 10.8. The Bertz CT molecular complexity index is 996. The van der Waals surface area contributed by atoms with E-state index < -0.39 is 18.2 Å². The SMILES string of the molecule is COC(=O)c1cc(OC)c2c(c1C1=C(CN3CCOCC3)C=C(OC)[C@@H]3OCOC13)OCO2. The van der Waals surface area contributed by atoms with Crippen molar-refractivity contribution >= 4 is 11.5 Å². The van der Waals surface area contributed by atoms with Crippen molar-refractivity contribution in [1.82, 2.24) is 4.90 Å². The van der Waals surface area contributed by atoms with Gasteiger partial charge in [-0.15, -0.1) is 0 Å². The number of fused-ring (bicyclic) bond motifs is 2. The van der Waals surface area contributed by atoms with Gasteiger partial charge in [-0.05, 0) is 17.7 Å². The van der Waals surface area contributed by atoms with Crippen LogP contribution in [0.5, 0.6) is 17.2 Å². The standard InChI is InChI=1S/C23H27NO9/c1-26-15-8-13(10-24-4-6-29-7-5-24)17(21-19(15)30-11-32-21)18-14(23(25)28-3)9-16(27-2)20-22(18)33-12-31-20/h8-9,19,21H,4-7,10-12H2,1-3H3/t19-,21?/m0/s1. The molecule has 3 heterocycles. The summed E-state index contributed by atoms with van der Waals surface area (Å²) in [5.41, 5.74) is 2.59. The molecule has 0 radical (unpaired) electrons. The summed E-state index contributed by atoms with van der Waals surface area (Å²) < 4.78 is 45.2. The second kappa shape index (κ2) is 9.22. The van der Waals surface area contributed by atoms with Crippen molar-refractivity contribution in [3.63, 3.8) is 0 Å². The Hall–Kier alpha value is -2.79. The first-order valence-electron chi connectivity index (χ1n) is 10.8. The van der Waals surface area contributed by atoms with Gasteiger partial charge in [0.15, 0.2) is 11.5 Å². The third kappa shape index (κ3) is 3.82. The Labute approximate surface area is 191 Å². The van der Waals surface area contributed by atoms with Gasteiger partial charge in [0.25, 0.3) is 0 Å². The molecule has 1 aromatic carbocycles. The van der Waals surface area contributed by atoms with Crippen LogP contribution in [0.15, 0.2) is 23.5 Å². The van der Waals surface area contributed by atoms with Gasteiger partial charge in [-0.1, -0.05) is 0 Å². The van der Waals surface area contributed by atoms with Gasteiger partial charge in [0.1, 0.15) is 24.8 Å². The van der Waals surface area contributed by atoms with Gasteiger partial charge >= 0.3 is 5.97 Å². The van der Waals surface area contributed by atoms with Crippen molar-refractivity contribution in [3.05, 3.63) is 34.6 Å². The van der Waals surface area contributed by atoms with E-state index in [1.807, 2.05) is 6.08 Å². The second-order valence-corrected chi connectivity index (χ2v) is 7.93. The molecule has 178 valence electrons. The molecule has 5 rings (SSSR count). The van der Waals surface area contributed by atoms with Crippen molar-refractivity contribution in [2.75, 3.05) is 67.8 Å². The van der Waals surface area contributed by atoms with Gasteiger partial charge in [-0.2, -0.15) is 0 Å². The van der Waals surface area contributed by atoms with Gasteiger partial charge in [-0.25, -0.2) is 4.79 Å². The molecular formula is C23H27NO9. The molecule has 0 saturated carbocycles. The van der Waals surface area contributed by atoms with Crippen LogP contribution < -0.4 is 14.2 Å². The summed E-state index contributed by atoms with van der Waals surface area (Å²) in [7, 11) is 4.47. The molecule has 0 N–H and O–H groups in total. The van der Waals surface area contributed by atoms with E-state index in [0.717, 1.165) is 24.2 Å². The van der Waals surface area contributed by atoms with E-state index in [1.54, 1.807) is 13.2 Å². The lowest BCUT2D eigenvalue weighted by Crippen LogP contribution is -2.39. The molecule has 1 aromatic rings. The smallest absolute Gasteiger partial charge is 0.338 e. The van der Waals surface area contributed by atoms with Crippen molar-refractivity contribution in [1.29, 1.82) is 0 Å². The molecule has 1 unspecified atom stereocenters. The quantitative estimate of drug-likeness (QED) is 0.581. The summed E-state index contributed by atoms with van der Waals surface area (Å²) in [6.45, 7) is 3.65. The van der Waals surface area contributed by atoms with E-state index in [4.69, 9.17) is 37.9 Å². The summed E-state index contributed by atoms with van der Waals surface area (Å²) in [6, 6.07) is 1.62. The summed E-state index contributed by atoms with van der Waals surface area (Å²) >= 11 is 0. The monoisotopic (exact) mass is 461 g/mol. The fraction of sp³-hybridized carbons (Fsp3) is 0.522. The van der Waals surface area contributed by atoms with Crippen LogP contribution in [-0.4, -0.2) is 90.8 Å². The van der Waals surface area contributed by atoms with Crippen molar-refractivity contribution in [2.24, 2.45) is 0 Å². The van der Waals surface area contributed by atoms with Gasteiger partial charge in [-0.3, -0.25) is 4.90 Å². The maximum absolute atomic E-state index is 12.9. The van der Waals surface area contributed by atoms with Crippen molar-refractivity contribution in [2.45, 2.75) is 12.2 Å². The minimum atomic E-state index is -0.517. The molecule has 1 aliphatic carbocycles. The molecule has 10 heteroatoms. The van der Waals surface area contributed by atoms with E-state index in [2.05, 4.69) is 4.90 Å². The highest BCUT2D eigenvalue weighted by Crippen LogP contribution is 2.51. The fourth-order valence-corrected chi connectivity index (χ4v) is 4.68. The lowest BCUT2D eigenvalue weighted by atomic mass is 9.83. The number of rotatable bonds is 6. The van der Waals surface area contributed by atoms with Crippen LogP contribution in [0.3, 0.4) is 0 Å². The third-order valence-electron chi connectivity index (χ3n) is 6.23. The third-order valence-corrected chi connectivity index (χ3v) is 6.23. The molecule has 0 bridgehead atoms. The Morgan fingerprint density at radius 2 is 1.79 bits per heavy atom. The second-order valence-electron chi connectivity index (χ2n) is 7.93. The maximum Gasteiger partial charge on any atom is 0.338 e. The molecule has 0 spiro atoms. The topological polar surface area (TPSA) is 94.2 Å². The molecule has 4 aliphatic rings. The number of esters is 1. The molecule has 33 heavy (non-hydrogen) atoms. The lowest BCUT2D eigenvalue weighted by Gasteiger charge is -2.33. The highest BCUT2D eigenvalue weighted by molar-refractivity contribution is 6.00. The molecule has 0 amide bonds. The van der Waals surface area contributed by atoms with E-state index in [0.29, 0.717) is 53.9 Å². The number of ether oxygens (including phenoxy) is 8. The van der Waals surface area contributed by atoms with E-state index in [9.17, 15) is 4.79 Å². The molecule has 3 aliphatic heterocycles. The molecule has 10 nitrogen and oxygen atoms in total. The Kier molecular flexibility index (Phi) is 6.15. The van der Waals surface area contributed by atoms with Crippen LogP contribution in [0.2, 0.25) is 0 Å².